The van der Waals surface area contributed by atoms with Crippen molar-refractivity contribution in [2.24, 2.45) is 5.92 Å². The van der Waals surface area contributed by atoms with Gasteiger partial charge in [0.15, 0.2) is 0 Å². The molecule has 0 bridgehead atoms. The maximum Gasteiger partial charge on any atom is 0.324 e. The molecule has 0 saturated carbocycles. The average molecular weight is 422 g/mol. The first-order valence-corrected chi connectivity index (χ1v) is 11.3. The molecule has 164 valence electrons. The first-order valence-electron chi connectivity index (χ1n) is 11.3. The van der Waals surface area contributed by atoms with E-state index in [1.54, 1.807) is 0 Å². The summed E-state index contributed by atoms with van der Waals surface area (Å²) in [6, 6.07) is 15.7. The van der Waals surface area contributed by atoms with Crippen molar-refractivity contribution in [3.05, 3.63) is 54.1 Å². The van der Waals surface area contributed by atoms with Crippen LogP contribution in [0.25, 0.3) is 0 Å². The Kier molecular flexibility index (Phi) is 6.44. The van der Waals surface area contributed by atoms with E-state index in [2.05, 4.69) is 19.2 Å². The number of urea groups is 1. The highest BCUT2D eigenvalue weighted by atomic mass is 16.5. The summed E-state index contributed by atoms with van der Waals surface area (Å²) in [6.45, 7) is 5.91. The number of nitrogens with one attached hydrogen (secondary N) is 1. The van der Waals surface area contributed by atoms with Crippen molar-refractivity contribution >= 4 is 23.3 Å². The summed E-state index contributed by atoms with van der Waals surface area (Å²) in [6.07, 6.45) is 3.18. The number of piperidine rings is 1. The van der Waals surface area contributed by atoms with Crippen LogP contribution in [0.2, 0.25) is 0 Å². The third-order valence-electron chi connectivity index (χ3n) is 6.29. The number of fused-ring (bicyclic) bond motifs is 1. The highest BCUT2D eigenvalue weighted by Crippen LogP contribution is 2.35. The summed E-state index contributed by atoms with van der Waals surface area (Å²) in [4.78, 5) is 29.7. The van der Waals surface area contributed by atoms with E-state index in [1.165, 1.54) is 5.56 Å². The van der Waals surface area contributed by atoms with Gasteiger partial charge < -0.3 is 15.0 Å². The summed E-state index contributed by atoms with van der Waals surface area (Å²) in [7, 11) is 0. The second-order valence-electron chi connectivity index (χ2n) is 8.31. The summed E-state index contributed by atoms with van der Waals surface area (Å²) in [5.41, 5.74) is 2.91. The number of carbonyl (C=O) groups is 2. The molecule has 1 saturated heterocycles. The standard InChI is InChI=1S/C25H31N3O3/c1-3-18-9-11-20(12-10-18)26-24(29)19-13-15-27(16-14-19)25(30)28-17-21(4-2)31-23-8-6-5-7-22(23)28/h5-12,19,21H,3-4,13-17H2,1-2H3,(H,26,29)/t21-/m0/s1. The topological polar surface area (TPSA) is 61.9 Å². The lowest BCUT2D eigenvalue weighted by Crippen LogP contribution is -2.52. The highest BCUT2D eigenvalue weighted by Gasteiger charge is 2.34. The second-order valence-corrected chi connectivity index (χ2v) is 8.31. The van der Waals surface area contributed by atoms with Crippen molar-refractivity contribution < 1.29 is 14.3 Å². The molecule has 4 rings (SSSR count). The van der Waals surface area contributed by atoms with E-state index in [0.717, 1.165) is 30.0 Å². The Labute approximate surface area is 184 Å². The molecule has 6 heteroatoms. The van der Waals surface area contributed by atoms with Gasteiger partial charge in [-0.15, -0.1) is 0 Å². The van der Waals surface area contributed by atoms with Crippen LogP contribution in [0, 0.1) is 5.92 Å². The minimum Gasteiger partial charge on any atom is -0.486 e. The molecule has 0 aliphatic carbocycles. The van der Waals surface area contributed by atoms with Crippen LogP contribution in [0.5, 0.6) is 5.75 Å². The molecule has 2 aliphatic rings. The number of aryl methyl sites for hydroxylation is 1. The number of benzene rings is 2. The molecule has 6 nitrogen and oxygen atoms in total. The number of rotatable bonds is 4. The maximum atomic E-state index is 13.3. The predicted octanol–water partition coefficient (Wildman–Crippen LogP) is 4.70. The van der Waals surface area contributed by atoms with Gasteiger partial charge in [0.25, 0.3) is 0 Å². The fraction of sp³-hybridized carbons (Fsp3) is 0.440. The van der Waals surface area contributed by atoms with Crippen molar-refractivity contribution in [1.82, 2.24) is 4.90 Å². The van der Waals surface area contributed by atoms with Gasteiger partial charge in [0.05, 0.1) is 12.2 Å². The third-order valence-corrected chi connectivity index (χ3v) is 6.29. The molecule has 31 heavy (non-hydrogen) atoms. The van der Waals surface area contributed by atoms with E-state index in [1.807, 2.05) is 58.3 Å². The SMILES string of the molecule is CCc1ccc(NC(=O)C2CCN(C(=O)N3C[C@H](CC)Oc4ccccc43)CC2)cc1. The summed E-state index contributed by atoms with van der Waals surface area (Å²) < 4.78 is 6.00. The lowest BCUT2D eigenvalue weighted by Gasteiger charge is -2.39. The Balaban J connectivity index is 1.36. The molecule has 2 aromatic carbocycles. The molecular weight excluding hydrogens is 390 g/mol. The number of amides is 3. The predicted molar refractivity (Wildman–Crippen MR) is 123 cm³/mol. The highest BCUT2D eigenvalue weighted by molar-refractivity contribution is 5.95. The molecule has 2 heterocycles. The number of hydrogen-bond acceptors (Lipinski definition) is 3. The Morgan fingerprint density at radius 2 is 1.74 bits per heavy atom. The minimum atomic E-state index is -0.0738. The molecule has 0 aromatic heterocycles. The van der Waals surface area contributed by atoms with E-state index < -0.39 is 0 Å². The van der Waals surface area contributed by atoms with Crippen molar-refractivity contribution in [2.45, 2.75) is 45.6 Å². The lowest BCUT2D eigenvalue weighted by atomic mass is 9.96. The number of para-hydroxylation sites is 2. The van der Waals surface area contributed by atoms with E-state index in [0.29, 0.717) is 32.5 Å². The van der Waals surface area contributed by atoms with Crippen molar-refractivity contribution in [2.75, 3.05) is 29.9 Å². The Bertz CT molecular complexity index is 920. The molecule has 0 radical (unpaired) electrons. The molecule has 2 aliphatic heterocycles. The van der Waals surface area contributed by atoms with Crippen molar-refractivity contribution in [1.29, 1.82) is 0 Å². The van der Waals surface area contributed by atoms with E-state index in [-0.39, 0.29) is 24.0 Å². The van der Waals surface area contributed by atoms with Crippen LogP contribution in [0.3, 0.4) is 0 Å². The number of hydrogen-bond donors (Lipinski definition) is 1. The minimum absolute atomic E-state index is 0.00117. The van der Waals surface area contributed by atoms with Crippen LogP contribution < -0.4 is 15.0 Å². The zero-order valence-electron chi connectivity index (χ0n) is 18.3. The van der Waals surface area contributed by atoms with Gasteiger partial charge in [-0.3, -0.25) is 9.69 Å². The lowest BCUT2D eigenvalue weighted by molar-refractivity contribution is -0.121. The van der Waals surface area contributed by atoms with Crippen LogP contribution in [-0.4, -0.2) is 42.6 Å². The Morgan fingerprint density at radius 1 is 1.03 bits per heavy atom. The van der Waals surface area contributed by atoms with Crippen LogP contribution in [0.15, 0.2) is 48.5 Å². The quantitative estimate of drug-likeness (QED) is 0.779. The van der Waals surface area contributed by atoms with Crippen LogP contribution in [-0.2, 0) is 11.2 Å². The molecule has 2 aromatic rings. The molecule has 0 spiro atoms. The van der Waals surface area contributed by atoms with Crippen LogP contribution in [0.1, 0.15) is 38.7 Å². The monoisotopic (exact) mass is 421 g/mol. The largest absolute Gasteiger partial charge is 0.486 e. The first kappa shape index (κ1) is 21.2. The van der Waals surface area contributed by atoms with E-state index >= 15 is 0 Å². The molecule has 3 amide bonds. The molecule has 1 atom stereocenters. The normalized spacial score (nSPS) is 18.8. The second kappa shape index (κ2) is 9.41. The van der Waals surface area contributed by atoms with Gasteiger partial charge in [0.1, 0.15) is 11.9 Å². The molecular formula is C25H31N3O3. The number of carbonyl (C=O) groups excluding carboxylic acids is 2. The Hall–Kier alpha value is -3.02. The number of anilines is 2. The zero-order chi connectivity index (χ0) is 21.8. The zero-order valence-corrected chi connectivity index (χ0v) is 18.3. The molecule has 1 fully saturated rings. The van der Waals surface area contributed by atoms with Gasteiger partial charge in [-0.25, -0.2) is 4.79 Å². The van der Waals surface area contributed by atoms with E-state index in [4.69, 9.17) is 4.74 Å². The maximum absolute atomic E-state index is 13.3. The van der Waals surface area contributed by atoms with Gasteiger partial charge in [-0.2, -0.15) is 0 Å². The smallest absolute Gasteiger partial charge is 0.324 e. The van der Waals surface area contributed by atoms with Crippen molar-refractivity contribution in [3.63, 3.8) is 0 Å². The molecule has 1 N–H and O–H groups in total. The van der Waals surface area contributed by atoms with Crippen molar-refractivity contribution in [3.8, 4) is 5.75 Å². The molecule has 0 unspecified atom stereocenters. The summed E-state index contributed by atoms with van der Waals surface area (Å²) in [5, 5.41) is 3.03. The van der Waals surface area contributed by atoms with Gasteiger partial charge in [-0.05, 0) is 55.5 Å². The van der Waals surface area contributed by atoms with Crippen LogP contribution in [0.4, 0.5) is 16.2 Å². The Morgan fingerprint density at radius 3 is 2.42 bits per heavy atom. The van der Waals surface area contributed by atoms with Gasteiger partial charge >= 0.3 is 6.03 Å². The fourth-order valence-corrected chi connectivity index (χ4v) is 4.26. The summed E-state index contributed by atoms with van der Waals surface area (Å²) in [5.74, 6) is 0.728. The van der Waals surface area contributed by atoms with Gasteiger partial charge in [0.2, 0.25) is 5.91 Å². The van der Waals surface area contributed by atoms with Gasteiger partial charge in [0, 0.05) is 24.7 Å². The first-order chi connectivity index (χ1) is 15.1. The number of likely N-dealkylation sites (tertiary alicyclic amines) is 1. The van der Waals surface area contributed by atoms with Crippen LogP contribution >= 0.6 is 0 Å². The average Bonchev–Trinajstić information content (AvgIpc) is 2.83. The number of nitrogens with zero attached hydrogens (tertiary/aromatic N) is 2. The fourth-order valence-electron chi connectivity index (χ4n) is 4.26. The third kappa shape index (κ3) is 4.68. The van der Waals surface area contributed by atoms with Gasteiger partial charge in [-0.1, -0.05) is 38.1 Å². The summed E-state index contributed by atoms with van der Waals surface area (Å²) >= 11 is 0. The van der Waals surface area contributed by atoms with E-state index in [9.17, 15) is 9.59 Å². The number of ether oxygens (including phenoxy) is 1.